The van der Waals surface area contributed by atoms with Gasteiger partial charge in [0.1, 0.15) is 23.6 Å². The SMILES string of the molecule is c1ccc2oc(Oc3ccc(OCCN(CCCc4nn[nH]n4)C4CC4)cc3)nc2c1. The minimum Gasteiger partial charge on any atom is -0.492 e. The van der Waals surface area contributed by atoms with Crippen LogP contribution >= 0.6 is 0 Å². The van der Waals surface area contributed by atoms with Crippen molar-refractivity contribution in [3.63, 3.8) is 0 Å². The van der Waals surface area contributed by atoms with Crippen LogP contribution in [0.1, 0.15) is 25.1 Å². The zero-order valence-corrected chi connectivity index (χ0v) is 17.1. The van der Waals surface area contributed by atoms with Gasteiger partial charge in [-0.15, -0.1) is 10.2 Å². The average Bonchev–Trinajstić information content (AvgIpc) is 3.34. The Morgan fingerprint density at radius 3 is 2.65 bits per heavy atom. The van der Waals surface area contributed by atoms with Crippen molar-refractivity contribution in [3.8, 4) is 17.6 Å². The van der Waals surface area contributed by atoms with Crippen LogP contribution in [0.4, 0.5) is 0 Å². The normalized spacial score (nSPS) is 13.7. The van der Waals surface area contributed by atoms with Gasteiger partial charge in [0.05, 0.1) is 0 Å². The highest BCUT2D eigenvalue weighted by molar-refractivity contribution is 5.72. The fourth-order valence-corrected chi connectivity index (χ4v) is 3.53. The molecule has 1 saturated carbocycles. The van der Waals surface area contributed by atoms with E-state index in [2.05, 4.69) is 30.5 Å². The third-order valence-corrected chi connectivity index (χ3v) is 5.25. The Morgan fingerprint density at radius 1 is 1.03 bits per heavy atom. The van der Waals surface area contributed by atoms with Gasteiger partial charge in [-0.25, -0.2) is 0 Å². The molecule has 0 amide bonds. The number of aryl methyl sites for hydroxylation is 1. The maximum absolute atomic E-state index is 5.94. The second-order valence-corrected chi connectivity index (χ2v) is 7.57. The van der Waals surface area contributed by atoms with E-state index in [1.54, 1.807) is 0 Å². The summed E-state index contributed by atoms with van der Waals surface area (Å²) in [6, 6.07) is 15.8. The zero-order valence-electron chi connectivity index (χ0n) is 17.1. The van der Waals surface area contributed by atoms with Gasteiger partial charge in [-0.3, -0.25) is 4.90 Å². The summed E-state index contributed by atoms with van der Waals surface area (Å²) < 4.78 is 17.3. The highest BCUT2D eigenvalue weighted by atomic mass is 16.6. The summed E-state index contributed by atoms with van der Waals surface area (Å²) in [5.74, 6) is 2.24. The number of rotatable bonds is 11. The fraction of sp³-hybridized carbons (Fsp3) is 0.364. The lowest BCUT2D eigenvalue weighted by Gasteiger charge is -2.21. The van der Waals surface area contributed by atoms with Gasteiger partial charge >= 0.3 is 6.08 Å². The molecule has 1 fully saturated rings. The van der Waals surface area contributed by atoms with Crippen LogP contribution in [0.5, 0.6) is 17.6 Å². The lowest BCUT2D eigenvalue weighted by atomic mass is 10.2. The van der Waals surface area contributed by atoms with Gasteiger partial charge in [0.25, 0.3) is 0 Å². The van der Waals surface area contributed by atoms with Crippen LogP contribution in [0.3, 0.4) is 0 Å². The van der Waals surface area contributed by atoms with Crippen LogP contribution in [0, 0.1) is 0 Å². The number of aromatic nitrogens is 5. The van der Waals surface area contributed by atoms with E-state index in [9.17, 15) is 0 Å². The first-order valence-electron chi connectivity index (χ1n) is 10.6. The third kappa shape index (κ3) is 5.18. The standard InChI is InChI=1S/C22H24N6O3/c1-2-5-20-19(4-1)23-22(31-20)30-18-11-9-17(10-12-18)29-15-14-28(16-7-8-16)13-3-6-21-24-26-27-25-21/h1-2,4-5,9-12,16H,3,6-8,13-15H2,(H,24,25,26,27). The summed E-state index contributed by atoms with van der Waals surface area (Å²) in [6.45, 7) is 2.56. The maximum Gasteiger partial charge on any atom is 0.400 e. The van der Waals surface area contributed by atoms with E-state index in [-0.39, 0.29) is 6.08 Å². The molecule has 9 heteroatoms. The number of nitrogens with one attached hydrogen (secondary N) is 1. The molecule has 2 aromatic carbocycles. The Balaban J connectivity index is 1.08. The maximum atomic E-state index is 5.94. The van der Waals surface area contributed by atoms with Crippen LogP contribution in [0.2, 0.25) is 0 Å². The molecule has 5 rings (SSSR count). The van der Waals surface area contributed by atoms with E-state index in [0.717, 1.165) is 43.0 Å². The van der Waals surface area contributed by atoms with E-state index >= 15 is 0 Å². The number of hydrogen-bond acceptors (Lipinski definition) is 8. The molecule has 1 N–H and O–H groups in total. The van der Waals surface area contributed by atoms with Gasteiger partial charge in [-0.1, -0.05) is 17.3 Å². The quantitative estimate of drug-likeness (QED) is 0.393. The molecule has 1 aliphatic rings. The summed E-state index contributed by atoms with van der Waals surface area (Å²) in [7, 11) is 0. The van der Waals surface area contributed by atoms with Crippen molar-refractivity contribution in [3.05, 3.63) is 54.4 Å². The molecule has 0 saturated heterocycles. The molecule has 2 aromatic heterocycles. The van der Waals surface area contributed by atoms with Crippen molar-refractivity contribution < 1.29 is 13.9 Å². The van der Waals surface area contributed by atoms with E-state index in [1.165, 1.54) is 12.8 Å². The number of ether oxygens (including phenoxy) is 2. The number of hydrogen-bond donors (Lipinski definition) is 1. The van der Waals surface area contributed by atoms with Gasteiger partial charge < -0.3 is 13.9 Å². The Morgan fingerprint density at radius 2 is 1.87 bits per heavy atom. The predicted molar refractivity (Wildman–Crippen MR) is 113 cm³/mol. The monoisotopic (exact) mass is 420 g/mol. The molecule has 0 bridgehead atoms. The Bertz CT molecular complexity index is 1060. The summed E-state index contributed by atoms with van der Waals surface area (Å²) in [4.78, 5) is 6.81. The Labute approximate surface area is 179 Å². The minimum atomic E-state index is 0.232. The van der Waals surface area contributed by atoms with Crippen molar-refractivity contribution in [1.29, 1.82) is 0 Å². The number of para-hydroxylation sites is 2. The first-order chi connectivity index (χ1) is 15.3. The van der Waals surface area contributed by atoms with E-state index < -0.39 is 0 Å². The van der Waals surface area contributed by atoms with E-state index in [4.69, 9.17) is 13.9 Å². The number of H-pyrrole nitrogens is 1. The molecular formula is C22H24N6O3. The van der Waals surface area contributed by atoms with Crippen molar-refractivity contribution in [2.75, 3.05) is 19.7 Å². The molecule has 160 valence electrons. The summed E-state index contributed by atoms with van der Waals surface area (Å²) >= 11 is 0. The van der Waals surface area contributed by atoms with Crippen LogP contribution < -0.4 is 9.47 Å². The third-order valence-electron chi connectivity index (χ3n) is 5.25. The lowest BCUT2D eigenvalue weighted by molar-refractivity contribution is 0.199. The van der Waals surface area contributed by atoms with Crippen LogP contribution in [0.25, 0.3) is 11.1 Å². The topological polar surface area (TPSA) is 102 Å². The van der Waals surface area contributed by atoms with Gasteiger partial charge in [-0.2, -0.15) is 10.2 Å². The van der Waals surface area contributed by atoms with Crippen molar-refractivity contribution in [1.82, 2.24) is 30.5 Å². The second-order valence-electron chi connectivity index (χ2n) is 7.57. The predicted octanol–water partition coefficient (Wildman–Crippen LogP) is 3.61. The summed E-state index contributed by atoms with van der Waals surface area (Å²) in [5, 5.41) is 14.1. The minimum absolute atomic E-state index is 0.232. The summed E-state index contributed by atoms with van der Waals surface area (Å²) in [6.07, 6.45) is 4.62. The number of oxazole rings is 1. The number of fused-ring (bicyclic) bond motifs is 1. The highest BCUT2D eigenvalue weighted by Crippen LogP contribution is 2.28. The molecule has 1 aliphatic carbocycles. The zero-order chi connectivity index (χ0) is 20.9. The molecule has 0 unspecified atom stereocenters. The Hall–Kier alpha value is -3.46. The molecule has 9 nitrogen and oxygen atoms in total. The smallest absolute Gasteiger partial charge is 0.400 e. The molecule has 0 aliphatic heterocycles. The second kappa shape index (κ2) is 9.13. The average molecular weight is 420 g/mol. The van der Waals surface area contributed by atoms with Crippen molar-refractivity contribution in [2.45, 2.75) is 31.7 Å². The van der Waals surface area contributed by atoms with Crippen LogP contribution in [-0.2, 0) is 6.42 Å². The van der Waals surface area contributed by atoms with Gasteiger partial charge in [0.15, 0.2) is 11.4 Å². The number of nitrogens with zero attached hydrogens (tertiary/aromatic N) is 5. The molecule has 2 heterocycles. The number of benzene rings is 2. The first kappa shape index (κ1) is 19.5. The van der Waals surface area contributed by atoms with Crippen molar-refractivity contribution >= 4 is 11.1 Å². The first-order valence-corrected chi connectivity index (χ1v) is 10.6. The molecule has 0 atom stereocenters. The largest absolute Gasteiger partial charge is 0.492 e. The Kier molecular flexibility index (Phi) is 5.74. The molecule has 0 radical (unpaired) electrons. The molecular weight excluding hydrogens is 396 g/mol. The highest BCUT2D eigenvalue weighted by Gasteiger charge is 2.28. The van der Waals surface area contributed by atoms with Gasteiger partial charge in [-0.05, 0) is 62.2 Å². The molecule has 0 spiro atoms. The number of tetrazole rings is 1. The van der Waals surface area contributed by atoms with E-state index in [1.807, 2.05) is 48.5 Å². The molecule has 31 heavy (non-hydrogen) atoms. The van der Waals surface area contributed by atoms with Crippen molar-refractivity contribution in [2.24, 2.45) is 0 Å². The lowest BCUT2D eigenvalue weighted by Crippen LogP contribution is -2.31. The fourth-order valence-electron chi connectivity index (χ4n) is 3.53. The number of aromatic amines is 1. The van der Waals surface area contributed by atoms with Crippen LogP contribution in [-0.4, -0.2) is 56.2 Å². The van der Waals surface area contributed by atoms with Gasteiger partial charge in [0.2, 0.25) is 0 Å². The van der Waals surface area contributed by atoms with E-state index in [0.29, 0.717) is 24.0 Å². The molecule has 4 aromatic rings. The van der Waals surface area contributed by atoms with Gasteiger partial charge in [0, 0.05) is 19.0 Å². The summed E-state index contributed by atoms with van der Waals surface area (Å²) in [5.41, 5.74) is 1.48. The van der Waals surface area contributed by atoms with Crippen LogP contribution in [0.15, 0.2) is 52.9 Å².